The Hall–Kier alpha value is -1.64. The van der Waals surface area contributed by atoms with Crippen LogP contribution in [0.15, 0.2) is 35.2 Å². The average molecular weight is 733 g/mol. The maximum absolute atomic E-state index is 12.0. The molecule has 0 aliphatic carbocycles. The minimum atomic E-state index is -3.76. The number of carbonyl (C=O) groups excluding carboxylic acids is 1. The first-order valence-electron chi connectivity index (χ1n) is 19.1. The topological polar surface area (TPSA) is 125 Å². The van der Waals surface area contributed by atoms with E-state index in [2.05, 4.69) is 6.92 Å². The summed E-state index contributed by atoms with van der Waals surface area (Å²) in [5.41, 5.74) is 0. The molecule has 0 amide bonds. The van der Waals surface area contributed by atoms with Gasteiger partial charge in [-0.2, -0.15) is 8.42 Å². The largest absolute Gasteiger partial charge is 0.463 e. The molecule has 0 aliphatic heterocycles. The van der Waals surface area contributed by atoms with E-state index >= 15 is 0 Å². The molecule has 0 fully saturated rings. The number of benzene rings is 1. The normalized spacial score (nSPS) is 11.7. The highest BCUT2D eigenvalue weighted by Gasteiger charge is 2.13. The molecular formula is C38H68O11S. The summed E-state index contributed by atoms with van der Waals surface area (Å²) in [7, 11) is -3.76. The summed E-state index contributed by atoms with van der Waals surface area (Å²) in [5, 5.41) is 0. The molecular weight excluding hydrogens is 664 g/mol. The number of unbranched alkanes of at least 4 members (excludes halogenated alkanes) is 14. The van der Waals surface area contributed by atoms with Crippen molar-refractivity contribution in [3.8, 4) is 0 Å². The second-order valence-corrected chi connectivity index (χ2v) is 13.8. The van der Waals surface area contributed by atoms with Crippen LogP contribution in [0.25, 0.3) is 0 Å². The number of carbonyl (C=O) groups is 1. The summed E-state index contributed by atoms with van der Waals surface area (Å²) in [4.78, 5) is 12.0. The third kappa shape index (κ3) is 31.1. The Kier molecular flexibility index (Phi) is 33.2. The fourth-order valence-corrected chi connectivity index (χ4v) is 5.90. The molecule has 0 aliphatic rings. The van der Waals surface area contributed by atoms with Crippen molar-refractivity contribution in [2.45, 2.75) is 115 Å². The molecule has 292 valence electrons. The van der Waals surface area contributed by atoms with Gasteiger partial charge in [-0.15, -0.1) is 0 Å². The average Bonchev–Trinajstić information content (AvgIpc) is 3.12. The van der Waals surface area contributed by atoms with Gasteiger partial charge in [-0.25, -0.2) is 0 Å². The third-order valence-corrected chi connectivity index (χ3v) is 9.16. The molecule has 0 saturated heterocycles. The molecule has 0 radical (unpaired) electrons. The maximum atomic E-state index is 12.0. The quantitative estimate of drug-likeness (QED) is 0.0385. The molecule has 0 saturated carbocycles. The molecule has 1 aromatic carbocycles. The van der Waals surface area contributed by atoms with Crippen LogP contribution in [0.5, 0.6) is 0 Å². The third-order valence-electron chi connectivity index (χ3n) is 7.83. The minimum absolute atomic E-state index is 0.0581. The molecule has 0 unspecified atom stereocenters. The molecule has 12 heteroatoms. The second kappa shape index (κ2) is 35.7. The maximum Gasteiger partial charge on any atom is 0.305 e. The van der Waals surface area contributed by atoms with Crippen LogP contribution in [-0.4, -0.2) is 107 Å². The minimum Gasteiger partial charge on any atom is -0.463 e. The van der Waals surface area contributed by atoms with Crippen LogP contribution in [0.4, 0.5) is 0 Å². The molecule has 0 atom stereocenters. The summed E-state index contributed by atoms with van der Waals surface area (Å²) in [6.45, 7) is 7.29. The molecule has 1 aromatic rings. The van der Waals surface area contributed by atoms with E-state index in [0.717, 1.165) is 12.8 Å². The van der Waals surface area contributed by atoms with E-state index in [0.29, 0.717) is 79.1 Å². The van der Waals surface area contributed by atoms with Crippen molar-refractivity contribution >= 4 is 16.1 Å². The first kappa shape index (κ1) is 46.4. The second-order valence-electron chi connectivity index (χ2n) is 12.2. The summed E-state index contributed by atoms with van der Waals surface area (Å²) in [6, 6.07) is 7.99. The first-order chi connectivity index (χ1) is 24.6. The van der Waals surface area contributed by atoms with Gasteiger partial charge >= 0.3 is 5.97 Å². The zero-order valence-corrected chi connectivity index (χ0v) is 31.8. The predicted octanol–water partition coefficient (Wildman–Crippen LogP) is 7.30. The Bertz CT molecular complexity index is 963. The molecule has 11 nitrogen and oxygen atoms in total. The van der Waals surface area contributed by atoms with Crippen molar-refractivity contribution in [3.05, 3.63) is 30.3 Å². The van der Waals surface area contributed by atoms with E-state index in [1.54, 1.807) is 18.2 Å². The van der Waals surface area contributed by atoms with Gasteiger partial charge in [0.2, 0.25) is 0 Å². The van der Waals surface area contributed by atoms with Gasteiger partial charge in [-0.05, 0) is 18.6 Å². The highest BCUT2D eigenvalue weighted by molar-refractivity contribution is 7.86. The Morgan fingerprint density at radius 3 is 1.20 bits per heavy atom. The van der Waals surface area contributed by atoms with Gasteiger partial charge in [0.1, 0.15) is 6.61 Å². The van der Waals surface area contributed by atoms with E-state index in [1.807, 2.05) is 0 Å². The highest BCUT2D eigenvalue weighted by atomic mass is 32.2. The zero-order chi connectivity index (χ0) is 36.1. The van der Waals surface area contributed by atoms with Crippen molar-refractivity contribution in [2.75, 3.05) is 92.5 Å². The van der Waals surface area contributed by atoms with E-state index in [-0.39, 0.29) is 30.7 Å². The zero-order valence-electron chi connectivity index (χ0n) is 31.0. The van der Waals surface area contributed by atoms with Gasteiger partial charge < -0.3 is 33.2 Å². The van der Waals surface area contributed by atoms with Crippen LogP contribution >= 0.6 is 0 Å². The van der Waals surface area contributed by atoms with Gasteiger partial charge in [-0.3, -0.25) is 8.98 Å². The SMILES string of the molecule is CCCCCCCCCCCCCCCCCC(=O)OCCOCCOCCOCCOCCOCCOCCOS(=O)(=O)c1ccccc1. The molecule has 0 spiro atoms. The van der Waals surface area contributed by atoms with Crippen LogP contribution in [0.1, 0.15) is 110 Å². The molecule has 0 aromatic heterocycles. The molecule has 0 N–H and O–H groups in total. The summed E-state index contributed by atoms with van der Waals surface area (Å²) >= 11 is 0. The van der Waals surface area contributed by atoms with Crippen molar-refractivity contribution < 1.29 is 50.6 Å². The fraction of sp³-hybridized carbons (Fsp3) is 0.816. The first-order valence-corrected chi connectivity index (χ1v) is 20.5. The number of ether oxygens (including phenoxy) is 7. The van der Waals surface area contributed by atoms with Crippen LogP contribution in [0.2, 0.25) is 0 Å². The van der Waals surface area contributed by atoms with Crippen molar-refractivity contribution in [2.24, 2.45) is 0 Å². The molecule has 0 bridgehead atoms. The van der Waals surface area contributed by atoms with Gasteiger partial charge in [0, 0.05) is 6.42 Å². The summed E-state index contributed by atoms with van der Waals surface area (Å²) in [5.74, 6) is -0.141. The summed E-state index contributed by atoms with van der Waals surface area (Å²) < 4.78 is 66.7. The van der Waals surface area contributed by atoms with Gasteiger partial charge in [0.05, 0.1) is 90.8 Å². The highest BCUT2D eigenvalue weighted by Crippen LogP contribution is 2.14. The number of rotatable bonds is 39. The Labute approximate surface area is 303 Å². The smallest absolute Gasteiger partial charge is 0.305 e. The molecule has 0 heterocycles. The Morgan fingerprint density at radius 1 is 0.460 bits per heavy atom. The monoisotopic (exact) mass is 732 g/mol. The molecule has 50 heavy (non-hydrogen) atoms. The predicted molar refractivity (Wildman–Crippen MR) is 195 cm³/mol. The lowest BCUT2D eigenvalue weighted by atomic mass is 10.0. The van der Waals surface area contributed by atoms with Crippen LogP contribution in [0, 0.1) is 0 Å². The van der Waals surface area contributed by atoms with Crippen molar-refractivity contribution in [3.63, 3.8) is 0 Å². The number of hydrogen-bond acceptors (Lipinski definition) is 11. The van der Waals surface area contributed by atoms with Gasteiger partial charge in [-0.1, -0.05) is 115 Å². The molecule has 1 rings (SSSR count). The number of hydrogen-bond donors (Lipinski definition) is 0. The van der Waals surface area contributed by atoms with Crippen molar-refractivity contribution in [1.82, 2.24) is 0 Å². The van der Waals surface area contributed by atoms with E-state index in [9.17, 15) is 13.2 Å². The fourth-order valence-electron chi connectivity index (χ4n) is 4.99. The van der Waals surface area contributed by atoms with E-state index < -0.39 is 10.1 Å². The van der Waals surface area contributed by atoms with E-state index in [1.165, 1.54) is 95.6 Å². The lowest BCUT2D eigenvalue weighted by Gasteiger charge is -2.09. The van der Waals surface area contributed by atoms with Crippen LogP contribution in [-0.2, 0) is 52.3 Å². The van der Waals surface area contributed by atoms with Crippen LogP contribution < -0.4 is 0 Å². The number of esters is 1. The lowest BCUT2D eigenvalue weighted by Crippen LogP contribution is -2.15. The standard InChI is InChI=1S/C38H68O11S/c1-2-3-4-5-6-7-8-9-10-11-12-13-14-15-19-22-38(39)48-35-33-46-31-29-44-27-25-42-23-24-43-26-28-45-30-32-47-34-36-49-50(40,41)37-20-17-16-18-21-37/h16-18,20-21H,2-15,19,22-36H2,1H3. The Morgan fingerprint density at radius 2 is 0.800 bits per heavy atom. The van der Waals surface area contributed by atoms with Gasteiger partial charge in [0.25, 0.3) is 10.1 Å². The van der Waals surface area contributed by atoms with Crippen molar-refractivity contribution in [1.29, 1.82) is 0 Å². The van der Waals surface area contributed by atoms with E-state index in [4.69, 9.17) is 37.3 Å². The van der Waals surface area contributed by atoms with Gasteiger partial charge in [0.15, 0.2) is 0 Å². The van der Waals surface area contributed by atoms with Crippen LogP contribution in [0.3, 0.4) is 0 Å². The Balaban J connectivity index is 1.69. The summed E-state index contributed by atoms with van der Waals surface area (Å²) in [6.07, 6.45) is 20.1. The lowest BCUT2D eigenvalue weighted by molar-refractivity contribution is -0.145.